The Hall–Kier alpha value is -3.33. The number of benzene rings is 2. The van der Waals surface area contributed by atoms with Crippen molar-refractivity contribution in [2.45, 2.75) is 52.2 Å². The van der Waals surface area contributed by atoms with E-state index in [0.717, 1.165) is 86.0 Å². The predicted octanol–water partition coefficient (Wildman–Crippen LogP) is 4.85. The molecule has 0 bridgehead atoms. The fourth-order valence-electron chi connectivity index (χ4n) is 5.79. The number of halogens is 1. The zero-order valence-corrected chi connectivity index (χ0v) is 23.1. The summed E-state index contributed by atoms with van der Waals surface area (Å²) in [6.45, 7) is 11.1. The molecule has 0 unspecified atom stereocenters. The van der Waals surface area contributed by atoms with E-state index in [1.807, 2.05) is 20.8 Å². The third-order valence-corrected chi connectivity index (χ3v) is 7.59. The van der Waals surface area contributed by atoms with Crippen LogP contribution in [0.1, 0.15) is 45.6 Å². The standard InChI is InChI=1S/C30H38FN3O5/c1-4-36-25-15-21(16-26(37-5-2)28(25)22-7-9-24(31)10-8-22)18-33-19-30(20-33)17-27(32-39-30)34-13-11-23(12-14-34)29(35)38-6-3/h7-10,15-16,23H,4-6,11-14,17-20H2,1-3H3. The average molecular weight is 540 g/mol. The van der Waals surface area contributed by atoms with Crippen molar-refractivity contribution in [3.8, 4) is 22.6 Å². The van der Waals surface area contributed by atoms with Gasteiger partial charge < -0.3 is 23.9 Å². The average Bonchev–Trinajstić information content (AvgIpc) is 3.36. The number of carbonyl (C=O) groups is 1. The lowest BCUT2D eigenvalue weighted by Gasteiger charge is -2.45. The molecular weight excluding hydrogens is 501 g/mol. The van der Waals surface area contributed by atoms with Crippen LogP contribution < -0.4 is 9.47 Å². The minimum absolute atomic E-state index is 0.0186. The molecule has 39 heavy (non-hydrogen) atoms. The van der Waals surface area contributed by atoms with Gasteiger partial charge in [-0.15, -0.1) is 0 Å². The summed E-state index contributed by atoms with van der Waals surface area (Å²) >= 11 is 0. The summed E-state index contributed by atoms with van der Waals surface area (Å²) in [5, 5.41) is 4.44. The number of nitrogens with zero attached hydrogens (tertiary/aromatic N) is 3. The number of amidine groups is 1. The zero-order chi connectivity index (χ0) is 27.4. The van der Waals surface area contributed by atoms with Gasteiger partial charge in [0, 0.05) is 32.7 Å². The van der Waals surface area contributed by atoms with E-state index in [-0.39, 0.29) is 23.3 Å². The SMILES string of the molecule is CCOC(=O)C1CCN(C2=NOC3(C2)CN(Cc2cc(OCC)c(-c4ccc(F)cc4)c(OCC)c2)C3)CC1. The van der Waals surface area contributed by atoms with Crippen molar-refractivity contribution in [2.24, 2.45) is 11.1 Å². The first-order chi connectivity index (χ1) is 18.9. The van der Waals surface area contributed by atoms with Crippen LogP contribution in [0.4, 0.5) is 4.39 Å². The highest BCUT2D eigenvalue weighted by atomic mass is 19.1. The quantitative estimate of drug-likeness (QED) is 0.422. The van der Waals surface area contributed by atoms with Crippen LogP contribution in [0, 0.1) is 11.7 Å². The maximum absolute atomic E-state index is 13.6. The molecule has 1 spiro atoms. The van der Waals surface area contributed by atoms with Gasteiger partial charge in [0.15, 0.2) is 5.60 Å². The Balaban J connectivity index is 1.21. The van der Waals surface area contributed by atoms with E-state index in [1.54, 1.807) is 12.1 Å². The van der Waals surface area contributed by atoms with Crippen LogP contribution in [-0.4, -0.2) is 73.2 Å². The van der Waals surface area contributed by atoms with E-state index in [2.05, 4.69) is 27.1 Å². The predicted molar refractivity (Wildman–Crippen MR) is 146 cm³/mol. The number of carbonyl (C=O) groups excluding carboxylic acids is 1. The van der Waals surface area contributed by atoms with Gasteiger partial charge in [0.1, 0.15) is 23.2 Å². The Morgan fingerprint density at radius 3 is 2.26 bits per heavy atom. The second-order valence-corrected chi connectivity index (χ2v) is 10.5. The largest absolute Gasteiger partial charge is 0.493 e. The minimum atomic E-state index is -0.285. The first-order valence-corrected chi connectivity index (χ1v) is 14.0. The van der Waals surface area contributed by atoms with Gasteiger partial charge in [0.25, 0.3) is 0 Å². The van der Waals surface area contributed by atoms with Crippen molar-refractivity contribution in [3.05, 3.63) is 47.8 Å². The topological polar surface area (TPSA) is 72.8 Å². The van der Waals surface area contributed by atoms with E-state index >= 15 is 0 Å². The summed E-state index contributed by atoms with van der Waals surface area (Å²) < 4.78 is 30.8. The Labute approximate surface area is 229 Å². The lowest BCUT2D eigenvalue weighted by Crippen LogP contribution is -2.61. The number of ether oxygens (including phenoxy) is 3. The number of hydrogen-bond donors (Lipinski definition) is 0. The molecule has 2 aromatic carbocycles. The van der Waals surface area contributed by atoms with Crippen LogP contribution >= 0.6 is 0 Å². The molecule has 0 atom stereocenters. The number of esters is 1. The first-order valence-electron chi connectivity index (χ1n) is 14.0. The maximum Gasteiger partial charge on any atom is 0.309 e. The fourth-order valence-corrected chi connectivity index (χ4v) is 5.79. The van der Waals surface area contributed by atoms with Crippen LogP contribution in [0.5, 0.6) is 11.5 Å². The lowest BCUT2D eigenvalue weighted by molar-refractivity contribution is -0.149. The van der Waals surface area contributed by atoms with Gasteiger partial charge in [-0.3, -0.25) is 9.69 Å². The molecule has 0 aliphatic carbocycles. The summed E-state index contributed by atoms with van der Waals surface area (Å²) in [4.78, 5) is 22.6. The smallest absolute Gasteiger partial charge is 0.309 e. The molecule has 0 amide bonds. The molecule has 210 valence electrons. The molecule has 0 saturated carbocycles. The van der Waals surface area contributed by atoms with Gasteiger partial charge in [0.2, 0.25) is 0 Å². The summed E-state index contributed by atoms with van der Waals surface area (Å²) in [6.07, 6.45) is 2.36. The Morgan fingerprint density at radius 2 is 1.67 bits per heavy atom. The van der Waals surface area contributed by atoms with Gasteiger partial charge in [-0.2, -0.15) is 0 Å². The lowest BCUT2D eigenvalue weighted by atomic mass is 9.88. The zero-order valence-electron chi connectivity index (χ0n) is 23.1. The molecule has 3 aliphatic rings. The third-order valence-electron chi connectivity index (χ3n) is 7.59. The van der Waals surface area contributed by atoms with Gasteiger partial charge in [-0.05, 0) is 69.0 Å². The number of oxime groups is 1. The van der Waals surface area contributed by atoms with Gasteiger partial charge in [-0.25, -0.2) is 4.39 Å². The molecule has 2 fully saturated rings. The van der Waals surface area contributed by atoms with Crippen LogP contribution in [0.2, 0.25) is 0 Å². The van der Waals surface area contributed by atoms with Crippen LogP contribution in [0.3, 0.4) is 0 Å². The first kappa shape index (κ1) is 27.2. The number of piperidine rings is 1. The second kappa shape index (κ2) is 11.8. The molecule has 9 heteroatoms. The number of likely N-dealkylation sites (tertiary alicyclic amines) is 2. The second-order valence-electron chi connectivity index (χ2n) is 10.5. The molecule has 0 aromatic heterocycles. The maximum atomic E-state index is 13.6. The van der Waals surface area contributed by atoms with Crippen LogP contribution in [-0.2, 0) is 20.9 Å². The van der Waals surface area contributed by atoms with Crippen molar-refractivity contribution >= 4 is 11.8 Å². The van der Waals surface area contributed by atoms with Crippen molar-refractivity contribution in [1.29, 1.82) is 0 Å². The van der Waals surface area contributed by atoms with Gasteiger partial charge >= 0.3 is 5.97 Å². The molecule has 8 nitrogen and oxygen atoms in total. The third kappa shape index (κ3) is 5.98. The molecule has 0 N–H and O–H groups in total. The number of rotatable bonds is 9. The van der Waals surface area contributed by atoms with Crippen molar-refractivity contribution < 1.29 is 28.2 Å². The van der Waals surface area contributed by atoms with Crippen molar-refractivity contribution in [1.82, 2.24) is 9.80 Å². The van der Waals surface area contributed by atoms with E-state index in [1.165, 1.54) is 12.1 Å². The van der Waals surface area contributed by atoms with E-state index in [0.29, 0.717) is 19.8 Å². The Kier molecular flexibility index (Phi) is 8.26. The normalized spacial score (nSPS) is 18.9. The van der Waals surface area contributed by atoms with Crippen LogP contribution in [0.15, 0.2) is 41.6 Å². The number of hydrogen-bond acceptors (Lipinski definition) is 8. The van der Waals surface area contributed by atoms with Gasteiger partial charge in [0.05, 0.1) is 37.7 Å². The van der Waals surface area contributed by atoms with E-state index < -0.39 is 0 Å². The van der Waals surface area contributed by atoms with Crippen LogP contribution in [0.25, 0.3) is 11.1 Å². The van der Waals surface area contributed by atoms with E-state index in [4.69, 9.17) is 19.0 Å². The molecule has 3 aliphatic heterocycles. The Morgan fingerprint density at radius 1 is 1.03 bits per heavy atom. The minimum Gasteiger partial charge on any atom is -0.493 e. The summed E-state index contributed by atoms with van der Waals surface area (Å²) in [6, 6.07) is 10.5. The molecule has 0 radical (unpaired) electrons. The van der Waals surface area contributed by atoms with Crippen molar-refractivity contribution in [2.75, 3.05) is 46.0 Å². The molecule has 2 aromatic rings. The van der Waals surface area contributed by atoms with Crippen molar-refractivity contribution in [3.63, 3.8) is 0 Å². The fraction of sp³-hybridized carbons (Fsp3) is 0.533. The highest BCUT2D eigenvalue weighted by molar-refractivity contribution is 5.85. The molecular formula is C30H38FN3O5. The highest BCUT2D eigenvalue weighted by Gasteiger charge is 2.50. The summed E-state index contributed by atoms with van der Waals surface area (Å²) in [5.41, 5.74) is 2.50. The Bertz CT molecular complexity index is 1160. The molecule has 5 rings (SSSR count). The molecule has 3 heterocycles. The highest BCUT2D eigenvalue weighted by Crippen LogP contribution is 2.42. The monoisotopic (exact) mass is 539 g/mol. The molecule has 2 saturated heterocycles. The van der Waals surface area contributed by atoms with E-state index in [9.17, 15) is 9.18 Å². The van der Waals surface area contributed by atoms with Gasteiger partial charge in [-0.1, -0.05) is 17.3 Å². The summed E-state index contributed by atoms with van der Waals surface area (Å²) in [7, 11) is 0. The summed E-state index contributed by atoms with van der Waals surface area (Å²) in [5.74, 6) is 2.07.